The Balaban J connectivity index is 2.20. The smallest absolute Gasteiger partial charge is 0.245 e. The Hall–Kier alpha value is -1.88. The lowest BCUT2D eigenvalue weighted by Gasteiger charge is -2.32. The molecule has 1 aromatic rings. The monoisotopic (exact) mass is 317 g/mol. The van der Waals surface area contributed by atoms with Crippen molar-refractivity contribution >= 4 is 11.8 Å². The van der Waals surface area contributed by atoms with Crippen LogP contribution in [-0.4, -0.2) is 54.3 Å². The minimum Gasteiger partial charge on any atom is -0.352 e. The van der Waals surface area contributed by atoms with Crippen LogP contribution in [-0.2, 0) is 9.59 Å². The van der Waals surface area contributed by atoms with Crippen LogP contribution in [0.25, 0.3) is 0 Å². The third-order valence-corrected chi connectivity index (χ3v) is 4.14. The summed E-state index contributed by atoms with van der Waals surface area (Å²) >= 11 is 0. The number of benzene rings is 1. The molecule has 2 atom stereocenters. The predicted octanol–water partition coefficient (Wildman–Crippen LogP) is 1.80. The lowest BCUT2D eigenvalue weighted by molar-refractivity contribution is -0.142. The van der Waals surface area contributed by atoms with Gasteiger partial charge in [0.2, 0.25) is 11.8 Å². The van der Waals surface area contributed by atoms with E-state index in [0.717, 1.165) is 18.4 Å². The van der Waals surface area contributed by atoms with Crippen molar-refractivity contribution in [3.8, 4) is 0 Å². The average Bonchev–Trinajstić information content (AvgIpc) is 2.97. The van der Waals surface area contributed by atoms with Gasteiger partial charge in [0.15, 0.2) is 0 Å². The van der Waals surface area contributed by atoms with Gasteiger partial charge in [-0.15, -0.1) is 0 Å². The van der Waals surface area contributed by atoms with E-state index in [1.54, 1.807) is 4.90 Å². The summed E-state index contributed by atoms with van der Waals surface area (Å²) < 4.78 is 0. The molecule has 1 N–H and O–H groups in total. The highest BCUT2D eigenvalue weighted by atomic mass is 16.2. The van der Waals surface area contributed by atoms with Crippen molar-refractivity contribution in [2.24, 2.45) is 0 Å². The van der Waals surface area contributed by atoms with Crippen molar-refractivity contribution < 1.29 is 9.59 Å². The summed E-state index contributed by atoms with van der Waals surface area (Å²) in [4.78, 5) is 29.1. The Bertz CT molecular complexity index is 542. The number of hydrogen-bond donors (Lipinski definition) is 1. The number of nitrogens with zero attached hydrogens (tertiary/aromatic N) is 2. The number of likely N-dealkylation sites (tertiary alicyclic amines) is 1. The normalized spacial score (nSPS) is 19.2. The second-order valence-corrected chi connectivity index (χ2v) is 6.63. The molecule has 1 aromatic carbocycles. The Morgan fingerprint density at radius 2 is 1.87 bits per heavy atom. The second-order valence-electron chi connectivity index (χ2n) is 6.63. The zero-order valence-corrected chi connectivity index (χ0v) is 14.5. The summed E-state index contributed by atoms with van der Waals surface area (Å²) in [5.74, 6) is -0.0426. The molecule has 1 fully saturated rings. The average molecular weight is 317 g/mol. The third-order valence-electron chi connectivity index (χ3n) is 4.14. The van der Waals surface area contributed by atoms with E-state index in [0.29, 0.717) is 6.54 Å². The number of carbonyl (C=O) groups is 2. The first-order chi connectivity index (χ1) is 10.9. The molecule has 0 radical (unpaired) electrons. The van der Waals surface area contributed by atoms with Crippen LogP contribution >= 0.6 is 0 Å². The van der Waals surface area contributed by atoms with E-state index in [1.807, 2.05) is 63.2 Å². The summed E-state index contributed by atoms with van der Waals surface area (Å²) in [6.45, 7) is 4.52. The van der Waals surface area contributed by atoms with Crippen molar-refractivity contribution in [2.45, 2.75) is 44.8 Å². The van der Waals surface area contributed by atoms with Crippen LogP contribution in [0.15, 0.2) is 30.3 Å². The number of hydrogen-bond acceptors (Lipinski definition) is 3. The van der Waals surface area contributed by atoms with E-state index in [-0.39, 0.29) is 29.9 Å². The topological polar surface area (TPSA) is 52.7 Å². The molecule has 2 unspecified atom stereocenters. The summed E-state index contributed by atoms with van der Waals surface area (Å²) in [5.41, 5.74) is 0.956. The molecular formula is C18H27N3O2. The first kappa shape index (κ1) is 17.5. The van der Waals surface area contributed by atoms with Gasteiger partial charge in [-0.2, -0.15) is 0 Å². The molecule has 1 saturated heterocycles. The van der Waals surface area contributed by atoms with Crippen molar-refractivity contribution in [1.82, 2.24) is 15.1 Å². The van der Waals surface area contributed by atoms with Crippen LogP contribution in [0, 0.1) is 0 Å². The summed E-state index contributed by atoms with van der Waals surface area (Å²) in [7, 11) is 3.80. The predicted molar refractivity (Wildman–Crippen MR) is 90.9 cm³/mol. The molecule has 1 aliphatic rings. The van der Waals surface area contributed by atoms with Gasteiger partial charge in [-0.05, 0) is 46.3 Å². The summed E-state index contributed by atoms with van der Waals surface area (Å²) in [5, 5.41) is 2.93. The molecule has 2 rings (SSSR count). The zero-order valence-electron chi connectivity index (χ0n) is 14.5. The lowest BCUT2D eigenvalue weighted by atomic mass is 10.0. The molecule has 126 valence electrons. The number of nitrogens with one attached hydrogen (secondary N) is 1. The quantitative estimate of drug-likeness (QED) is 0.901. The standard InChI is InChI=1S/C18H27N3O2/c1-13(2)19-17(22)15-11-8-12-21(15)18(23)16(20(3)4)14-9-6-5-7-10-14/h5-7,9-10,13,15-16H,8,11-12H2,1-4H3,(H,19,22). The molecule has 0 bridgehead atoms. The van der Waals surface area contributed by atoms with Crippen molar-refractivity contribution in [3.63, 3.8) is 0 Å². The molecule has 1 heterocycles. The Morgan fingerprint density at radius 3 is 2.43 bits per heavy atom. The highest BCUT2D eigenvalue weighted by Crippen LogP contribution is 2.26. The molecule has 0 saturated carbocycles. The van der Waals surface area contributed by atoms with Crippen LogP contribution in [0.4, 0.5) is 0 Å². The molecule has 0 aromatic heterocycles. The van der Waals surface area contributed by atoms with Gasteiger partial charge < -0.3 is 10.2 Å². The van der Waals surface area contributed by atoms with Gasteiger partial charge in [0, 0.05) is 12.6 Å². The van der Waals surface area contributed by atoms with Gasteiger partial charge in [-0.25, -0.2) is 0 Å². The van der Waals surface area contributed by atoms with Gasteiger partial charge in [0.25, 0.3) is 0 Å². The third kappa shape index (κ3) is 4.10. The molecular weight excluding hydrogens is 290 g/mol. The zero-order chi connectivity index (χ0) is 17.0. The summed E-state index contributed by atoms with van der Waals surface area (Å²) in [6, 6.07) is 9.11. The fourth-order valence-corrected chi connectivity index (χ4v) is 3.14. The second kappa shape index (κ2) is 7.59. The fraction of sp³-hybridized carbons (Fsp3) is 0.556. The van der Waals surface area contributed by atoms with E-state index in [9.17, 15) is 9.59 Å². The number of likely N-dealkylation sites (N-methyl/N-ethyl adjacent to an activating group) is 1. The lowest BCUT2D eigenvalue weighted by Crippen LogP contribution is -2.50. The van der Waals surface area contributed by atoms with E-state index in [1.165, 1.54) is 0 Å². The van der Waals surface area contributed by atoms with Gasteiger partial charge >= 0.3 is 0 Å². The van der Waals surface area contributed by atoms with E-state index in [4.69, 9.17) is 0 Å². The maximum atomic E-state index is 13.1. The number of carbonyl (C=O) groups excluding carboxylic acids is 2. The Morgan fingerprint density at radius 1 is 1.22 bits per heavy atom. The number of amides is 2. The molecule has 1 aliphatic heterocycles. The van der Waals surface area contributed by atoms with Crippen LogP contribution in [0.3, 0.4) is 0 Å². The fourth-order valence-electron chi connectivity index (χ4n) is 3.14. The molecule has 5 nitrogen and oxygen atoms in total. The molecule has 23 heavy (non-hydrogen) atoms. The van der Waals surface area contributed by atoms with Crippen LogP contribution in [0.5, 0.6) is 0 Å². The van der Waals surface area contributed by atoms with E-state index < -0.39 is 0 Å². The van der Waals surface area contributed by atoms with Crippen molar-refractivity contribution in [3.05, 3.63) is 35.9 Å². The highest BCUT2D eigenvalue weighted by molar-refractivity contribution is 5.91. The van der Waals surface area contributed by atoms with Crippen LogP contribution in [0.2, 0.25) is 0 Å². The summed E-state index contributed by atoms with van der Waals surface area (Å²) in [6.07, 6.45) is 1.61. The van der Waals surface area contributed by atoms with Crippen molar-refractivity contribution in [2.75, 3.05) is 20.6 Å². The number of rotatable bonds is 5. The highest BCUT2D eigenvalue weighted by Gasteiger charge is 2.38. The first-order valence-corrected chi connectivity index (χ1v) is 8.24. The van der Waals surface area contributed by atoms with Crippen LogP contribution in [0.1, 0.15) is 38.3 Å². The van der Waals surface area contributed by atoms with Gasteiger partial charge in [0.1, 0.15) is 12.1 Å². The largest absolute Gasteiger partial charge is 0.352 e. The van der Waals surface area contributed by atoms with Gasteiger partial charge in [-0.1, -0.05) is 30.3 Å². The molecule has 0 aliphatic carbocycles. The van der Waals surface area contributed by atoms with Gasteiger partial charge in [0.05, 0.1) is 0 Å². The minimum absolute atomic E-state index is 0.00241. The molecule has 5 heteroatoms. The Kier molecular flexibility index (Phi) is 5.77. The Labute approximate surface area is 138 Å². The van der Waals surface area contributed by atoms with Crippen molar-refractivity contribution in [1.29, 1.82) is 0 Å². The SMILES string of the molecule is CC(C)NC(=O)C1CCCN1C(=O)C(c1ccccc1)N(C)C. The molecule has 2 amide bonds. The van der Waals surface area contributed by atoms with Crippen LogP contribution < -0.4 is 5.32 Å². The maximum Gasteiger partial charge on any atom is 0.245 e. The molecule has 0 spiro atoms. The minimum atomic E-state index is -0.358. The van der Waals surface area contributed by atoms with E-state index in [2.05, 4.69) is 5.32 Å². The van der Waals surface area contributed by atoms with Gasteiger partial charge in [-0.3, -0.25) is 14.5 Å². The van der Waals surface area contributed by atoms with E-state index >= 15 is 0 Å². The first-order valence-electron chi connectivity index (χ1n) is 8.24. The maximum absolute atomic E-state index is 13.1.